The van der Waals surface area contributed by atoms with Gasteiger partial charge in [0, 0.05) is 32.4 Å². The summed E-state index contributed by atoms with van der Waals surface area (Å²) in [5.74, 6) is -0.0915. The molecule has 0 bridgehead atoms. The van der Waals surface area contributed by atoms with Crippen LogP contribution in [0.15, 0.2) is 24.4 Å². The largest absolute Gasteiger partial charge is 0.348 e. The second-order valence-electron chi connectivity index (χ2n) is 6.65. The Hall–Kier alpha value is -2.41. The van der Waals surface area contributed by atoms with Gasteiger partial charge in [0.25, 0.3) is 11.8 Å². The van der Waals surface area contributed by atoms with E-state index in [1.54, 1.807) is 10.6 Å². The summed E-state index contributed by atoms with van der Waals surface area (Å²) in [5, 5.41) is 2.87. The standard InChI is InChI=1S/C18H25N5O2/c1-21(2)13-9-19-17(24)16-20-15(14-8-4-7-12-23(14)16)18(25)22-10-5-3-6-11-22/h4,7-8,12H,3,5-6,9-11,13H2,1-2H3,(H,19,24). The minimum absolute atomic E-state index is 0.0873. The lowest BCUT2D eigenvalue weighted by Gasteiger charge is -2.25. The minimum Gasteiger partial charge on any atom is -0.348 e. The number of hydrogen-bond acceptors (Lipinski definition) is 4. The van der Waals surface area contributed by atoms with Crippen molar-refractivity contribution in [3.05, 3.63) is 35.9 Å². The maximum atomic E-state index is 12.9. The van der Waals surface area contributed by atoms with Gasteiger partial charge in [-0.05, 0) is 45.5 Å². The van der Waals surface area contributed by atoms with Gasteiger partial charge in [0.15, 0.2) is 5.69 Å². The van der Waals surface area contributed by atoms with E-state index in [1.165, 1.54) is 0 Å². The molecule has 7 heteroatoms. The Morgan fingerprint density at radius 3 is 2.68 bits per heavy atom. The topological polar surface area (TPSA) is 70.0 Å². The van der Waals surface area contributed by atoms with Gasteiger partial charge in [0.2, 0.25) is 5.82 Å². The quantitative estimate of drug-likeness (QED) is 0.887. The number of piperidine rings is 1. The molecule has 134 valence electrons. The number of likely N-dealkylation sites (N-methyl/N-ethyl adjacent to an activating group) is 1. The van der Waals surface area contributed by atoms with Gasteiger partial charge in [-0.3, -0.25) is 14.0 Å². The summed E-state index contributed by atoms with van der Waals surface area (Å²) in [6, 6.07) is 5.53. The van der Waals surface area contributed by atoms with Crippen molar-refractivity contribution in [1.29, 1.82) is 0 Å². The van der Waals surface area contributed by atoms with E-state index in [9.17, 15) is 9.59 Å². The Bertz CT molecular complexity index is 762. The van der Waals surface area contributed by atoms with Crippen LogP contribution in [0.2, 0.25) is 0 Å². The summed E-state index contributed by atoms with van der Waals surface area (Å²) in [4.78, 5) is 33.6. The zero-order valence-electron chi connectivity index (χ0n) is 14.9. The number of nitrogens with zero attached hydrogens (tertiary/aromatic N) is 4. The number of likely N-dealkylation sites (tertiary alicyclic amines) is 1. The Kier molecular flexibility index (Phi) is 5.33. The summed E-state index contributed by atoms with van der Waals surface area (Å²) in [7, 11) is 3.90. The summed E-state index contributed by atoms with van der Waals surface area (Å²) in [5.41, 5.74) is 1.04. The van der Waals surface area contributed by atoms with Crippen molar-refractivity contribution in [2.75, 3.05) is 40.3 Å². The van der Waals surface area contributed by atoms with Crippen molar-refractivity contribution in [3.8, 4) is 0 Å². The summed E-state index contributed by atoms with van der Waals surface area (Å²) >= 11 is 0. The third-order valence-electron chi connectivity index (χ3n) is 4.44. The predicted octanol–water partition coefficient (Wildman–Crippen LogP) is 1.25. The maximum absolute atomic E-state index is 12.9. The van der Waals surface area contributed by atoms with Crippen LogP contribution in [0, 0.1) is 0 Å². The molecule has 2 amide bonds. The van der Waals surface area contributed by atoms with Crippen molar-refractivity contribution < 1.29 is 9.59 Å². The third-order valence-corrected chi connectivity index (χ3v) is 4.44. The molecule has 0 atom stereocenters. The highest BCUT2D eigenvalue weighted by molar-refractivity contribution is 6.02. The highest BCUT2D eigenvalue weighted by atomic mass is 16.2. The molecule has 1 fully saturated rings. The molecule has 0 spiro atoms. The van der Waals surface area contributed by atoms with E-state index < -0.39 is 0 Å². The monoisotopic (exact) mass is 343 g/mol. The van der Waals surface area contributed by atoms with Crippen molar-refractivity contribution >= 4 is 17.3 Å². The van der Waals surface area contributed by atoms with Crippen molar-refractivity contribution in [2.45, 2.75) is 19.3 Å². The molecule has 3 rings (SSSR count). The molecule has 2 aromatic rings. The van der Waals surface area contributed by atoms with E-state index in [-0.39, 0.29) is 17.6 Å². The van der Waals surface area contributed by atoms with Gasteiger partial charge < -0.3 is 15.1 Å². The Labute approximate surface area is 147 Å². The van der Waals surface area contributed by atoms with Crippen LogP contribution < -0.4 is 5.32 Å². The van der Waals surface area contributed by atoms with Crippen LogP contribution in [-0.2, 0) is 0 Å². The first-order chi connectivity index (χ1) is 12.1. The van der Waals surface area contributed by atoms with Crippen LogP contribution in [0.3, 0.4) is 0 Å². The lowest BCUT2D eigenvalue weighted by Crippen LogP contribution is -2.36. The SMILES string of the molecule is CN(C)CCNC(=O)c1nc(C(=O)N2CCCCC2)c2ccccn12. The number of aromatic nitrogens is 2. The van der Waals surface area contributed by atoms with Crippen LogP contribution in [0.25, 0.3) is 5.52 Å². The number of hydrogen-bond donors (Lipinski definition) is 1. The summed E-state index contributed by atoms with van der Waals surface area (Å²) in [6.45, 7) is 2.79. The zero-order chi connectivity index (χ0) is 17.8. The molecule has 0 unspecified atom stereocenters. The van der Waals surface area contributed by atoms with E-state index in [4.69, 9.17) is 0 Å². The molecule has 0 aliphatic carbocycles. The van der Waals surface area contributed by atoms with Gasteiger partial charge in [-0.25, -0.2) is 4.98 Å². The van der Waals surface area contributed by atoms with E-state index in [0.717, 1.165) is 38.9 Å². The number of rotatable bonds is 5. The fourth-order valence-corrected chi connectivity index (χ4v) is 3.07. The van der Waals surface area contributed by atoms with Gasteiger partial charge >= 0.3 is 0 Å². The minimum atomic E-state index is -0.263. The van der Waals surface area contributed by atoms with E-state index in [1.807, 2.05) is 42.1 Å². The lowest BCUT2D eigenvalue weighted by molar-refractivity contribution is 0.0721. The number of carbonyl (C=O) groups is 2. The molecule has 1 N–H and O–H groups in total. The van der Waals surface area contributed by atoms with Crippen molar-refractivity contribution in [2.24, 2.45) is 0 Å². The first-order valence-electron chi connectivity index (χ1n) is 8.77. The second kappa shape index (κ2) is 7.65. The molecule has 25 heavy (non-hydrogen) atoms. The maximum Gasteiger partial charge on any atom is 0.287 e. The number of pyridine rings is 1. The fourth-order valence-electron chi connectivity index (χ4n) is 3.07. The normalized spacial score (nSPS) is 14.9. The van der Waals surface area contributed by atoms with Crippen LogP contribution in [0.5, 0.6) is 0 Å². The summed E-state index contributed by atoms with van der Waals surface area (Å²) < 4.78 is 1.70. The molecule has 0 radical (unpaired) electrons. The van der Waals surface area contributed by atoms with Crippen molar-refractivity contribution in [3.63, 3.8) is 0 Å². The van der Waals surface area contributed by atoms with Gasteiger partial charge in [0.05, 0.1) is 5.52 Å². The van der Waals surface area contributed by atoms with Gasteiger partial charge in [-0.1, -0.05) is 6.07 Å². The summed E-state index contributed by atoms with van der Waals surface area (Å²) in [6.07, 6.45) is 4.98. The fraction of sp³-hybridized carbons (Fsp3) is 0.500. The molecule has 1 saturated heterocycles. The molecule has 0 aromatic carbocycles. The Morgan fingerprint density at radius 1 is 1.20 bits per heavy atom. The third kappa shape index (κ3) is 3.82. The molecule has 3 heterocycles. The highest BCUT2D eigenvalue weighted by Gasteiger charge is 2.25. The average Bonchev–Trinajstić information content (AvgIpc) is 3.01. The van der Waals surface area contributed by atoms with E-state index in [2.05, 4.69) is 10.3 Å². The van der Waals surface area contributed by atoms with Crippen LogP contribution >= 0.6 is 0 Å². The number of carbonyl (C=O) groups excluding carboxylic acids is 2. The average molecular weight is 343 g/mol. The molecule has 0 saturated carbocycles. The number of nitrogens with one attached hydrogen (secondary N) is 1. The molecule has 7 nitrogen and oxygen atoms in total. The first kappa shape index (κ1) is 17.4. The molecule has 1 aliphatic heterocycles. The number of fused-ring (bicyclic) bond motifs is 1. The number of amides is 2. The molecular formula is C18H25N5O2. The van der Waals surface area contributed by atoms with Gasteiger partial charge in [-0.15, -0.1) is 0 Å². The lowest BCUT2D eigenvalue weighted by atomic mass is 10.1. The molecular weight excluding hydrogens is 318 g/mol. The molecule has 2 aromatic heterocycles. The Morgan fingerprint density at radius 2 is 1.96 bits per heavy atom. The van der Waals surface area contributed by atoms with Crippen molar-refractivity contribution in [1.82, 2.24) is 24.5 Å². The zero-order valence-corrected chi connectivity index (χ0v) is 14.9. The van der Waals surface area contributed by atoms with Gasteiger partial charge in [0.1, 0.15) is 0 Å². The molecule has 1 aliphatic rings. The van der Waals surface area contributed by atoms with E-state index >= 15 is 0 Å². The van der Waals surface area contributed by atoms with Crippen LogP contribution in [-0.4, -0.2) is 71.3 Å². The van der Waals surface area contributed by atoms with Gasteiger partial charge in [-0.2, -0.15) is 0 Å². The predicted molar refractivity (Wildman–Crippen MR) is 95.8 cm³/mol. The second-order valence-corrected chi connectivity index (χ2v) is 6.65. The Balaban J connectivity index is 1.87. The highest BCUT2D eigenvalue weighted by Crippen LogP contribution is 2.18. The number of imidazole rings is 1. The van der Waals surface area contributed by atoms with E-state index in [0.29, 0.717) is 17.8 Å². The first-order valence-corrected chi connectivity index (χ1v) is 8.77. The van der Waals surface area contributed by atoms with Crippen LogP contribution in [0.4, 0.5) is 0 Å². The smallest absolute Gasteiger partial charge is 0.287 e. The van der Waals surface area contributed by atoms with Crippen LogP contribution in [0.1, 0.15) is 40.4 Å².